The summed E-state index contributed by atoms with van der Waals surface area (Å²) in [5.41, 5.74) is 0. The van der Waals surface area contributed by atoms with Crippen molar-refractivity contribution < 1.29 is 13.2 Å². The molecule has 1 atom stereocenters. The summed E-state index contributed by atoms with van der Waals surface area (Å²) in [6.45, 7) is 2.22. The number of alkyl halides is 3. The monoisotopic (exact) mass is 353 g/mol. The highest BCUT2D eigenvalue weighted by atomic mass is 19.4. The molecule has 0 fully saturated rings. The first-order valence-corrected chi connectivity index (χ1v) is 7.62. The van der Waals surface area contributed by atoms with Crippen molar-refractivity contribution in [1.82, 2.24) is 44.3 Å². The molecule has 0 saturated heterocycles. The third-order valence-corrected chi connectivity index (χ3v) is 4.09. The zero-order chi connectivity index (χ0) is 17.8. The van der Waals surface area contributed by atoms with Gasteiger partial charge in [-0.1, -0.05) is 0 Å². The lowest BCUT2D eigenvalue weighted by Gasteiger charge is -2.21. The van der Waals surface area contributed by atoms with Gasteiger partial charge in [-0.05, 0) is 13.3 Å². The third kappa shape index (κ3) is 2.66. The van der Waals surface area contributed by atoms with Crippen molar-refractivity contribution in [3.63, 3.8) is 0 Å². The van der Waals surface area contributed by atoms with Crippen LogP contribution in [0, 0.1) is 6.92 Å². The van der Waals surface area contributed by atoms with Crippen molar-refractivity contribution >= 4 is 0 Å². The summed E-state index contributed by atoms with van der Waals surface area (Å²) in [5, 5.41) is 11.8. The lowest BCUT2D eigenvalue weighted by Crippen LogP contribution is -2.23. The van der Waals surface area contributed by atoms with Crippen LogP contribution < -0.4 is 0 Å². The summed E-state index contributed by atoms with van der Waals surface area (Å²) in [5.74, 6) is 0.607. The predicted octanol–water partition coefficient (Wildman–Crippen LogP) is 1.04. The SMILES string of the molecule is Cc1nc(C2CCc3ncnn3C2)n(-c2nc(C(F)(F)F)nn2C)n1. The van der Waals surface area contributed by atoms with E-state index >= 15 is 0 Å². The molecule has 3 aromatic heterocycles. The first kappa shape index (κ1) is 15.7. The Morgan fingerprint density at radius 3 is 2.72 bits per heavy atom. The van der Waals surface area contributed by atoms with Crippen LogP contribution in [0.15, 0.2) is 6.33 Å². The maximum absolute atomic E-state index is 12.9. The van der Waals surface area contributed by atoms with Crippen LogP contribution in [0.3, 0.4) is 0 Å². The van der Waals surface area contributed by atoms with Gasteiger partial charge in [0.05, 0.1) is 6.54 Å². The second-order valence-corrected chi connectivity index (χ2v) is 5.88. The lowest BCUT2D eigenvalue weighted by atomic mass is 9.99. The highest BCUT2D eigenvalue weighted by Crippen LogP contribution is 2.30. The molecule has 4 rings (SSSR count). The molecule has 0 saturated carbocycles. The first-order valence-electron chi connectivity index (χ1n) is 7.62. The van der Waals surface area contributed by atoms with Crippen molar-refractivity contribution in [3.8, 4) is 5.95 Å². The first-order chi connectivity index (χ1) is 11.8. The molecule has 0 bridgehead atoms. The van der Waals surface area contributed by atoms with E-state index in [0.29, 0.717) is 24.6 Å². The Morgan fingerprint density at radius 1 is 1.20 bits per heavy atom. The quantitative estimate of drug-likeness (QED) is 0.684. The minimum absolute atomic E-state index is 0.0210. The molecule has 0 aromatic carbocycles. The minimum Gasteiger partial charge on any atom is -0.249 e. The summed E-state index contributed by atoms with van der Waals surface area (Å²) < 4.78 is 42.8. The van der Waals surface area contributed by atoms with Crippen molar-refractivity contribution in [2.45, 2.75) is 38.4 Å². The lowest BCUT2D eigenvalue weighted by molar-refractivity contribution is -0.144. The van der Waals surface area contributed by atoms with Crippen LogP contribution in [0.5, 0.6) is 0 Å². The fraction of sp³-hybridized carbons (Fsp3) is 0.538. The van der Waals surface area contributed by atoms with Gasteiger partial charge in [0.2, 0.25) is 0 Å². The molecule has 1 aliphatic rings. The largest absolute Gasteiger partial charge is 0.453 e. The summed E-state index contributed by atoms with van der Waals surface area (Å²) in [4.78, 5) is 12.2. The maximum atomic E-state index is 12.9. The van der Waals surface area contributed by atoms with Gasteiger partial charge in [-0.15, -0.1) is 10.2 Å². The normalized spacial score (nSPS) is 17.7. The third-order valence-electron chi connectivity index (χ3n) is 4.09. The summed E-state index contributed by atoms with van der Waals surface area (Å²) in [7, 11) is 1.40. The Bertz CT molecular complexity index is 920. The van der Waals surface area contributed by atoms with Gasteiger partial charge in [-0.2, -0.15) is 27.9 Å². The fourth-order valence-corrected chi connectivity index (χ4v) is 2.97. The standard InChI is InChI=1S/C13H14F3N9/c1-7-19-10(8-3-4-9-17-6-18-24(9)5-8)25(21-7)12-20-11(13(14,15)16)22-23(12)2/h6,8H,3-5H2,1-2H3. The topological polar surface area (TPSA) is 92.1 Å². The van der Waals surface area contributed by atoms with E-state index in [0.717, 1.165) is 16.9 Å². The van der Waals surface area contributed by atoms with E-state index in [1.54, 1.807) is 11.6 Å². The number of nitrogens with zero attached hydrogens (tertiary/aromatic N) is 9. The van der Waals surface area contributed by atoms with E-state index in [-0.39, 0.29) is 11.9 Å². The summed E-state index contributed by atoms with van der Waals surface area (Å²) in [6, 6.07) is 0. The molecule has 12 heteroatoms. The molecule has 132 valence electrons. The highest BCUT2D eigenvalue weighted by Gasteiger charge is 2.38. The molecule has 0 radical (unpaired) electrons. The van der Waals surface area contributed by atoms with Crippen LogP contribution in [-0.4, -0.2) is 44.3 Å². The van der Waals surface area contributed by atoms with Crippen LogP contribution in [0.25, 0.3) is 5.95 Å². The highest BCUT2D eigenvalue weighted by molar-refractivity contribution is 5.18. The Morgan fingerprint density at radius 2 is 2.00 bits per heavy atom. The predicted molar refractivity (Wildman–Crippen MR) is 76.7 cm³/mol. The van der Waals surface area contributed by atoms with Crippen LogP contribution in [0.4, 0.5) is 13.2 Å². The number of hydrogen-bond donors (Lipinski definition) is 0. The van der Waals surface area contributed by atoms with E-state index in [4.69, 9.17) is 0 Å². The molecule has 9 nitrogen and oxygen atoms in total. The van der Waals surface area contributed by atoms with Gasteiger partial charge in [0.1, 0.15) is 23.8 Å². The Kier molecular flexibility index (Phi) is 3.37. The van der Waals surface area contributed by atoms with Gasteiger partial charge in [0.25, 0.3) is 11.8 Å². The number of rotatable bonds is 2. The molecule has 1 aliphatic heterocycles. The van der Waals surface area contributed by atoms with Gasteiger partial charge in [-0.25, -0.2) is 19.3 Å². The van der Waals surface area contributed by atoms with E-state index in [9.17, 15) is 13.2 Å². The Labute approximate surface area is 139 Å². The van der Waals surface area contributed by atoms with Crippen molar-refractivity contribution in [2.75, 3.05) is 0 Å². The van der Waals surface area contributed by atoms with E-state index in [1.807, 2.05) is 0 Å². The fourth-order valence-electron chi connectivity index (χ4n) is 2.97. The van der Waals surface area contributed by atoms with E-state index in [2.05, 4.69) is 30.2 Å². The minimum atomic E-state index is -4.62. The van der Waals surface area contributed by atoms with Crippen molar-refractivity contribution in [1.29, 1.82) is 0 Å². The van der Waals surface area contributed by atoms with Gasteiger partial charge in [0.15, 0.2) is 0 Å². The second kappa shape index (κ2) is 5.36. The average molecular weight is 353 g/mol. The number of aryl methyl sites for hydroxylation is 3. The van der Waals surface area contributed by atoms with Gasteiger partial charge in [0, 0.05) is 19.4 Å². The number of fused-ring (bicyclic) bond motifs is 1. The van der Waals surface area contributed by atoms with Crippen LogP contribution in [0.2, 0.25) is 0 Å². The average Bonchev–Trinajstić information content (AvgIpc) is 3.23. The summed E-state index contributed by atoms with van der Waals surface area (Å²) in [6.07, 6.45) is -1.66. The van der Waals surface area contributed by atoms with Gasteiger partial charge < -0.3 is 0 Å². The number of halogens is 3. The molecule has 0 amide bonds. The zero-order valence-corrected chi connectivity index (χ0v) is 13.4. The smallest absolute Gasteiger partial charge is 0.249 e. The van der Waals surface area contributed by atoms with Gasteiger partial charge >= 0.3 is 6.18 Å². The molecule has 0 N–H and O–H groups in total. The van der Waals surface area contributed by atoms with Crippen molar-refractivity contribution in [2.24, 2.45) is 7.05 Å². The molecular formula is C13H14F3N9. The Hall–Kier alpha value is -2.79. The second-order valence-electron chi connectivity index (χ2n) is 5.88. The van der Waals surface area contributed by atoms with E-state index < -0.39 is 12.0 Å². The molecule has 1 unspecified atom stereocenters. The zero-order valence-electron chi connectivity index (χ0n) is 13.4. The van der Waals surface area contributed by atoms with Crippen LogP contribution in [-0.2, 0) is 26.2 Å². The molecule has 0 aliphatic carbocycles. The van der Waals surface area contributed by atoms with E-state index in [1.165, 1.54) is 18.1 Å². The van der Waals surface area contributed by atoms with Crippen molar-refractivity contribution in [3.05, 3.63) is 29.6 Å². The molecule has 4 heterocycles. The molecular weight excluding hydrogens is 339 g/mol. The molecule has 0 spiro atoms. The number of aromatic nitrogens is 9. The van der Waals surface area contributed by atoms with Crippen LogP contribution >= 0.6 is 0 Å². The molecule has 3 aromatic rings. The Balaban J connectivity index is 1.75. The summed E-state index contributed by atoms with van der Waals surface area (Å²) >= 11 is 0. The molecule has 25 heavy (non-hydrogen) atoms. The number of hydrogen-bond acceptors (Lipinski definition) is 6. The maximum Gasteiger partial charge on any atom is 0.453 e. The van der Waals surface area contributed by atoms with Crippen LogP contribution in [0.1, 0.15) is 35.6 Å². The van der Waals surface area contributed by atoms with Gasteiger partial charge in [-0.3, -0.25) is 0 Å².